The molecule has 0 amide bonds. The Balaban J connectivity index is 1.66. The van der Waals surface area contributed by atoms with Crippen LogP contribution >= 0.6 is 0 Å². The van der Waals surface area contributed by atoms with Gasteiger partial charge in [0.05, 0.1) is 17.5 Å². The molecule has 2 heterocycles. The Morgan fingerprint density at radius 1 is 1.20 bits per heavy atom. The second-order valence-corrected chi connectivity index (χ2v) is 6.07. The van der Waals surface area contributed by atoms with Crippen molar-refractivity contribution in [1.29, 1.82) is 0 Å². The molecule has 6 nitrogen and oxygen atoms in total. The van der Waals surface area contributed by atoms with E-state index in [1.54, 1.807) is 19.2 Å². The molecule has 0 atom stereocenters. The van der Waals surface area contributed by atoms with Crippen molar-refractivity contribution in [3.8, 4) is 5.75 Å². The molecule has 4 rings (SSSR count). The average Bonchev–Trinajstić information content (AvgIpc) is 2.66. The van der Waals surface area contributed by atoms with Crippen molar-refractivity contribution in [2.24, 2.45) is 0 Å². The smallest absolute Gasteiger partial charge is 0.270 e. The number of ether oxygens (including phenoxy) is 1. The van der Waals surface area contributed by atoms with Crippen LogP contribution in [0.2, 0.25) is 0 Å². The van der Waals surface area contributed by atoms with Gasteiger partial charge in [0.2, 0.25) is 0 Å². The molecule has 6 heteroatoms. The highest BCUT2D eigenvalue weighted by molar-refractivity contribution is 5.82. The molecule has 0 bridgehead atoms. The van der Waals surface area contributed by atoms with E-state index < -0.39 is 0 Å². The summed E-state index contributed by atoms with van der Waals surface area (Å²) in [6.07, 6.45) is 0.902. The topological polar surface area (TPSA) is 68.5 Å². The number of aromatic nitrogens is 1. The van der Waals surface area contributed by atoms with Gasteiger partial charge in [0.1, 0.15) is 11.6 Å². The van der Waals surface area contributed by atoms with Gasteiger partial charge in [0.25, 0.3) is 5.69 Å². The van der Waals surface area contributed by atoms with E-state index in [1.165, 1.54) is 17.2 Å². The van der Waals surface area contributed by atoms with Crippen LogP contribution in [0.5, 0.6) is 5.75 Å². The lowest BCUT2D eigenvalue weighted by atomic mass is 9.98. The summed E-state index contributed by atoms with van der Waals surface area (Å²) in [7, 11) is 1.70. The van der Waals surface area contributed by atoms with Gasteiger partial charge in [-0.2, -0.15) is 0 Å². The third kappa shape index (κ3) is 2.76. The summed E-state index contributed by atoms with van der Waals surface area (Å²) in [6, 6.07) is 14.7. The van der Waals surface area contributed by atoms with E-state index in [2.05, 4.69) is 16.0 Å². The normalized spacial score (nSPS) is 13.6. The van der Waals surface area contributed by atoms with Crippen LogP contribution < -0.4 is 9.64 Å². The molecule has 0 fully saturated rings. The third-order valence-corrected chi connectivity index (χ3v) is 4.64. The molecule has 0 saturated heterocycles. The number of fused-ring (bicyclic) bond motifs is 2. The largest absolute Gasteiger partial charge is 0.496 e. The molecule has 0 unspecified atom stereocenters. The van der Waals surface area contributed by atoms with Crippen molar-refractivity contribution < 1.29 is 9.66 Å². The van der Waals surface area contributed by atoms with Crippen LogP contribution in [-0.2, 0) is 13.0 Å². The first kappa shape index (κ1) is 15.4. The quantitative estimate of drug-likeness (QED) is 0.539. The van der Waals surface area contributed by atoms with Gasteiger partial charge < -0.3 is 9.64 Å². The fourth-order valence-electron chi connectivity index (χ4n) is 3.35. The number of rotatable bonds is 3. The SMILES string of the molecule is COc1cccc2c1CCN(c1ccc3cc([N+](=O)[O-])ccc3n1)C2. The second kappa shape index (κ2) is 6.05. The number of nitrogens with zero attached hydrogens (tertiary/aromatic N) is 3. The highest BCUT2D eigenvalue weighted by atomic mass is 16.6. The fraction of sp³-hybridized carbons (Fsp3) is 0.211. The first-order chi connectivity index (χ1) is 12.2. The van der Waals surface area contributed by atoms with Gasteiger partial charge >= 0.3 is 0 Å². The van der Waals surface area contributed by atoms with Gasteiger partial charge in [-0.1, -0.05) is 12.1 Å². The number of nitro groups is 1. The molecular weight excluding hydrogens is 318 g/mol. The van der Waals surface area contributed by atoms with Crippen molar-refractivity contribution in [2.45, 2.75) is 13.0 Å². The van der Waals surface area contributed by atoms with E-state index in [4.69, 9.17) is 4.74 Å². The molecule has 25 heavy (non-hydrogen) atoms. The van der Waals surface area contributed by atoms with Gasteiger partial charge in [-0.3, -0.25) is 10.1 Å². The van der Waals surface area contributed by atoms with Crippen molar-refractivity contribution >= 4 is 22.4 Å². The Kier molecular flexibility index (Phi) is 3.72. The van der Waals surface area contributed by atoms with Crippen molar-refractivity contribution in [2.75, 3.05) is 18.6 Å². The standard InChI is InChI=1S/C19H17N3O3/c1-25-18-4-2-3-14-12-21(10-9-16(14)18)19-8-5-13-11-15(22(23)24)6-7-17(13)20-19/h2-8,11H,9-10,12H2,1H3. The molecule has 0 saturated carbocycles. The fourth-order valence-corrected chi connectivity index (χ4v) is 3.35. The molecular formula is C19H17N3O3. The van der Waals surface area contributed by atoms with Gasteiger partial charge in [0.15, 0.2) is 0 Å². The minimum absolute atomic E-state index is 0.0843. The summed E-state index contributed by atoms with van der Waals surface area (Å²) in [5.74, 6) is 1.82. The number of nitro benzene ring substituents is 1. The van der Waals surface area contributed by atoms with Crippen LogP contribution in [0, 0.1) is 10.1 Å². The Bertz CT molecular complexity index is 971. The molecule has 2 aromatic carbocycles. The van der Waals surface area contributed by atoms with Crippen LogP contribution in [-0.4, -0.2) is 23.6 Å². The maximum absolute atomic E-state index is 10.9. The lowest BCUT2D eigenvalue weighted by Crippen LogP contribution is -2.31. The van der Waals surface area contributed by atoms with Gasteiger partial charge in [-0.05, 0) is 36.2 Å². The second-order valence-electron chi connectivity index (χ2n) is 6.07. The molecule has 1 aliphatic rings. The third-order valence-electron chi connectivity index (χ3n) is 4.64. The summed E-state index contributed by atoms with van der Waals surface area (Å²) in [5, 5.41) is 11.7. The van der Waals surface area contributed by atoms with Crippen LogP contribution in [0.25, 0.3) is 10.9 Å². The van der Waals surface area contributed by atoms with Crippen LogP contribution in [0.15, 0.2) is 48.5 Å². The van der Waals surface area contributed by atoms with Crippen LogP contribution in [0.1, 0.15) is 11.1 Å². The van der Waals surface area contributed by atoms with E-state index >= 15 is 0 Å². The van der Waals surface area contributed by atoms with E-state index in [0.29, 0.717) is 0 Å². The number of methoxy groups -OCH3 is 1. The van der Waals surface area contributed by atoms with E-state index in [-0.39, 0.29) is 10.6 Å². The highest BCUT2D eigenvalue weighted by Crippen LogP contribution is 2.30. The zero-order valence-corrected chi connectivity index (χ0v) is 13.8. The van der Waals surface area contributed by atoms with Crippen LogP contribution in [0.4, 0.5) is 11.5 Å². The zero-order valence-electron chi connectivity index (χ0n) is 13.8. The predicted molar refractivity (Wildman–Crippen MR) is 96.1 cm³/mol. The molecule has 0 aliphatic carbocycles. The maximum atomic E-state index is 10.9. The number of benzene rings is 2. The lowest BCUT2D eigenvalue weighted by Gasteiger charge is -2.30. The first-order valence-corrected chi connectivity index (χ1v) is 8.10. The first-order valence-electron chi connectivity index (χ1n) is 8.10. The van der Waals surface area contributed by atoms with Crippen LogP contribution in [0.3, 0.4) is 0 Å². The monoisotopic (exact) mass is 335 g/mol. The Morgan fingerprint density at radius 2 is 2.08 bits per heavy atom. The molecule has 0 spiro atoms. The highest BCUT2D eigenvalue weighted by Gasteiger charge is 2.20. The minimum atomic E-state index is -0.387. The molecule has 126 valence electrons. The molecule has 3 aromatic rings. The summed E-state index contributed by atoms with van der Waals surface area (Å²) >= 11 is 0. The number of non-ortho nitro benzene ring substituents is 1. The summed E-state index contributed by atoms with van der Waals surface area (Å²) in [6.45, 7) is 1.64. The van der Waals surface area contributed by atoms with Crippen molar-refractivity contribution in [3.63, 3.8) is 0 Å². The van der Waals surface area contributed by atoms with Gasteiger partial charge in [-0.15, -0.1) is 0 Å². The summed E-state index contributed by atoms with van der Waals surface area (Å²) in [5.41, 5.74) is 3.36. The number of pyridine rings is 1. The molecule has 0 N–H and O–H groups in total. The Hall–Kier alpha value is -3.15. The average molecular weight is 335 g/mol. The number of hydrogen-bond acceptors (Lipinski definition) is 5. The lowest BCUT2D eigenvalue weighted by molar-refractivity contribution is -0.384. The molecule has 0 radical (unpaired) electrons. The summed E-state index contributed by atoms with van der Waals surface area (Å²) in [4.78, 5) is 17.4. The Morgan fingerprint density at radius 3 is 2.88 bits per heavy atom. The summed E-state index contributed by atoms with van der Waals surface area (Å²) < 4.78 is 5.45. The van der Waals surface area contributed by atoms with Gasteiger partial charge in [0, 0.05) is 36.2 Å². The van der Waals surface area contributed by atoms with E-state index in [0.717, 1.165) is 42.0 Å². The maximum Gasteiger partial charge on any atom is 0.270 e. The van der Waals surface area contributed by atoms with E-state index in [9.17, 15) is 10.1 Å². The number of hydrogen-bond donors (Lipinski definition) is 0. The molecule has 1 aliphatic heterocycles. The molecule has 1 aromatic heterocycles. The van der Waals surface area contributed by atoms with E-state index in [1.807, 2.05) is 24.3 Å². The van der Waals surface area contributed by atoms with Crippen molar-refractivity contribution in [3.05, 3.63) is 69.8 Å². The Labute approximate surface area is 144 Å². The zero-order chi connectivity index (χ0) is 17.4. The van der Waals surface area contributed by atoms with Crippen molar-refractivity contribution in [1.82, 2.24) is 4.98 Å². The minimum Gasteiger partial charge on any atom is -0.496 e. The predicted octanol–water partition coefficient (Wildman–Crippen LogP) is 3.71. The number of anilines is 1. The van der Waals surface area contributed by atoms with Gasteiger partial charge in [-0.25, -0.2) is 4.98 Å².